The highest BCUT2D eigenvalue weighted by atomic mass is 14.8. The van der Waals surface area contributed by atoms with Gasteiger partial charge in [0.25, 0.3) is 0 Å². The normalized spacial score (nSPS) is 39.6. The lowest BCUT2D eigenvalue weighted by molar-refractivity contribution is 0.200. The summed E-state index contributed by atoms with van der Waals surface area (Å²) in [6.45, 7) is 4.53. The van der Waals surface area contributed by atoms with Crippen LogP contribution in [0.5, 0.6) is 0 Å². The van der Waals surface area contributed by atoms with E-state index >= 15 is 0 Å². The Morgan fingerprint density at radius 2 is 1.80 bits per heavy atom. The minimum Gasteiger partial charge on any atom is -0.326 e. The molecule has 0 aliphatic heterocycles. The average Bonchev–Trinajstić information content (AvgIpc) is 1.79. The van der Waals surface area contributed by atoms with Crippen LogP contribution in [-0.4, -0.2) is 12.1 Å². The first kappa shape index (κ1) is 8.02. The maximum atomic E-state index is 5.83. The molecule has 0 aromatic carbocycles. The second kappa shape index (κ2) is 2.51. The van der Waals surface area contributed by atoms with Gasteiger partial charge in [-0.25, -0.2) is 0 Å². The first-order valence-corrected chi connectivity index (χ1v) is 4.02. The lowest BCUT2D eigenvalue weighted by Gasteiger charge is -2.37. The van der Waals surface area contributed by atoms with Gasteiger partial charge in [-0.1, -0.05) is 13.8 Å². The van der Waals surface area contributed by atoms with E-state index in [-0.39, 0.29) is 12.1 Å². The molecule has 10 heavy (non-hydrogen) atoms. The minimum absolute atomic E-state index is 0.226. The van der Waals surface area contributed by atoms with Crippen molar-refractivity contribution in [2.45, 2.75) is 45.2 Å². The van der Waals surface area contributed by atoms with E-state index in [1.54, 1.807) is 0 Å². The van der Waals surface area contributed by atoms with Crippen molar-refractivity contribution in [3.63, 3.8) is 0 Å². The molecule has 0 unspecified atom stereocenters. The van der Waals surface area contributed by atoms with Crippen LogP contribution in [0.2, 0.25) is 0 Å². The highest BCUT2D eigenvalue weighted by molar-refractivity contribution is 4.89. The van der Waals surface area contributed by atoms with Crippen molar-refractivity contribution in [3.05, 3.63) is 0 Å². The second-order valence-electron chi connectivity index (χ2n) is 4.23. The number of hydrogen-bond acceptors (Lipinski definition) is 2. The van der Waals surface area contributed by atoms with E-state index in [2.05, 4.69) is 13.8 Å². The monoisotopic (exact) mass is 142 g/mol. The quantitative estimate of drug-likeness (QED) is 0.527. The van der Waals surface area contributed by atoms with Gasteiger partial charge in [-0.15, -0.1) is 0 Å². The summed E-state index contributed by atoms with van der Waals surface area (Å²) in [5, 5.41) is 0. The third kappa shape index (κ3) is 1.70. The van der Waals surface area contributed by atoms with E-state index in [1.807, 2.05) is 0 Å². The molecule has 0 amide bonds. The fourth-order valence-corrected chi connectivity index (χ4v) is 1.66. The van der Waals surface area contributed by atoms with Gasteiger partial charge >= 0.3 is 0 Å². The van der Waals surface area contributed by atoms with E-state index < -0.39 is 0 Å². The molecular formula is C8H18N2. The predicted octanol–water partition coefficient (Wildman–Crippen LogP) is 0.851. The van der Waals surface area contributed by atoms with Crippen LogP contribution in [0, 0.1) is 5.41 Å². The molecule has 0 saturated heterocycles. The number of nitrogens with two attached hydrogens (primary N) is 2. The predicted molar refractivity (Wildman–Crippen MR) is 43.6 cm³/mol. The fraction of sp³-hybridized carbons (Fsp3) is 1.00. The number of hydrogen-bond donors (Lipinski definition) is 2. The Morgan fingerprint density at radius 1 is 1.20 bits per heavy atom. The van der Waals surface area contributed by atoms with E-state index in [4.69, 9.17) is 11.5 Å². The summed E-state index contributed by atoms with van der Waals surface area (Å²) in [5.41, 5.74) is 12.0. The van der Waals surface area contributed by atoms with Crippen LogP contribution in [0.15, 0.2) is 0 Å². The molecule has 1 saturated carbocycles. The van der Waals surface area contributed by atoms with Crippen molar-refractivity contribution in [2.75, 3.05) is 0 Å². The van der Waals surface area contributed by atoms with Gasteiger partial charge in [-0.3, -0.25) is 0 Å². The summed E-state index contributed by atoms with van der Waals surface area (Å²) in [6.07, 6.45) is 3.39. The lowest BCUT2D eigenvalue weighted by atomic mass is 9.73. The summed E-state index contributed by atoms with van der Waals surface area (Å²) >= 11 is 0. The molecule has 0 heterocycles. The van der Waals surface area contributed by atoms with Crippen LogP contribution in [0.4, 0.5) is 0 Å². The topological polar surface area (TPSA) is 52.0 Å². The molecule has 1 rings (SSSR count). The summed E-state index contributed by atoms with van der Waals surface area (Å²) in [4.78, 5) is 0. The molecule has 1 fully saturated rings. The van der Waals surface area contributed by atoms with Crippen LogP contribution in [0.3, 0.4) is 0 Å². The highest BCUT2D eigenvalue weighted by Gasteiger charge is 2.30. The molecule has 2 heteroatoms. The maximum absolute atomic E-state index is 5.83. The Balaban J connectivity index is 2.49. The maximum Gasteiger partial charge on any atom is 0.0197 e. The zero-order valence-corrected chi connectivity index (χ0v) is 6.93. The summed E-state index contributed by atoms with van der Waals surface area (Å²) in [7, 11) is 0. The van der Waals surface area contributed by atoms with Gasteiger partial charge in [-0.2, -0.15) is 0 Å². The van der Waals surface area contributed by atoms with Gasteiger partial charge in [0.1, 0.15) is 0 Å². The zero-order valence-electron chi connectivity index (χ0n) is 6.93. The van der Waals surface area contributed by atoms with Crippen LogP contribution in [0.1, 0.15) is 33.1 Å². The third-order valence-corrected chi connectivity index (χ3v) is 2.49. The van der Waals surface area contributed by atoms with Crippen molar-refractivity contribution >= 4 is 0 Å². The molecular weight excluding hydrogens is 124 g/mol. The SMILES string of the molecule is CC1(C)CC[C@@H](N)[C@H](N)C1. The Kier molecular flexibility index (Phi) is 2.02. The Labute approximate surface area is 63.0 Å². The minimum atomic E-state index is 0.226. The van der Waals surface area contributed by atoms with E-state index in [9.17, 15) is 0 Å². The zero-order chi connectivity index (χ0) is 7.78. The van der Waals surface area contributed by atoms with Crippen molar-refractivity contribution < 1.29 is 0 Å². The van der Waals surface area contributed by atoms with Crippen molar-refractivity contribution in [3.8, 4) is 0 Å². The van der Waals surface area contributed by atoms with Gasteiger partial charge in [-0.05, 0) is 24.7 Å². The third-order valence-electron chi connectivity index (χ3n) is 2.49. The van der Waals surface area contributed by atoms with Crippen molar-refractivity contribution in [1.29, 1.82) is 0 Å². The van der Waals surface area contributed by atoms with Crippen molar-refractivity contribution in [2.24, 2.45) is 16.9 Å². The van der Waals surface area contributed by atoms with Crippen LogP contribution < -0.4 is 11.5 Å². The second-order valence-corrected chi connectivity index (χ2v) is 4.23. The van der Waals surface area contributed by atoms with E-state index in [0.29, 0.717) is 5.41 Å². The largest absolute Gasteiger partial charge is 0.326 e. The van der Waals surface area contributed by atoms with E-state index in [1.165, 1.54) is 6.42 Å². The molecule has 0 radical (unpaired) electrons. The van der Waals surface area contributed by atoms with Gasteiger partial charge in [0.05, 0.1) is 0 Å². The van der Waals surface area contributed by atoms with Gasteiger partial charge < -0.3 is 11.5 Å². The van der Waals surface area contributed by atoms with Gasteiger partial charge in [0.2, 0.25) is 0 Å². The molecule has 0 spiro atoms. The Morgan fingerprint density at radius 3 is 2.20 bits per heavy atom. The molecule has 4 N–H and O–H groups in total. The molecule has 1 aliphatic rings. The first-order chi connectivity index (χ1) is 4.51. The van der Waals surface area contributed by atoms with Gasteiger partial charge in [0, 0.05) is 12.1 Å². The molecule has 1 aliphatic carbocycles. The first-order valence-electron chi connectivity index (χ1n) is 4.02. The molecule has 0 aromatic heterocycles. The molecule has 2 nitrogen and oxygen atoms in total. The highest BCUT2D eigenvalue weighted by Crippen LogP contribution is 2.33. The average molecular weight is 142 g/mol. The molecule has 60 valence electrons. The summed E-state index contributed by atoms with van der Waals surface area (Å²) in [5.74, 6) is 0. The standard InChI is InChI=1S/C8H18N2/c1-8(2)4-3-6(9)7(10)5-8/h6-7H,3-5,9-10H2,1-2H3/t6-,7-/m1/s1. The summed E-state index contributed by atoms with van der Waals surface area (Å²) < 4.78 is 0. The van der Waals surface area contributed by atoms with Crippen LogP contribution >= 0.6 is 0 Å². The van der Waals surface area contributed by atoms with Crippen molar-refractivity contribution in [1.82, 2.24) is 0 Å². The fourth-order valence-electron chi connectivity index (χ4n) is 1.66. The lowest BCUT2D eigenvalue weighted by Crippen LogP contribution is -2.48. The number of rotatable bonds is 0. The smallest absolute Gasteiger partial charge is 0.0197 e. The van der Waals surface area contributed by atoms with Crippen LogP contribution in [-0.2, 0) is 0 Å². The molecule has 2 atom stereocenters. The summed E-state index contributed by atoms with van der Waals surface area (Å²) in [6, 6.07) is 0.469. The van der Waals surface area contributed by atoms with Crippen LogP contribution in [0.25, 0.3) is 0 Å². The Hall–Kier alpha value is -0.0800. The molecule has 0 bridgehead atoms. The Bertz CT molecular complexity index is 120. The van der Waals surface area contributed by atoms with Gasteiger partial charge in [0.15, 0.2) is 0 Å². The van der Waals surface area contributed by atoms with E-state index in [0.717, 1.165) is 12.8 Å². The molecule has 0 aromatic rings.